The number of fused-ring (bicyclic) bond motifs is 1. The monoisotopic (exact) mass is 383 g/mol. The maximum atomic E-state index is 13.6. The Hall–Kier alpha value is -3.75. The van der Waals surface area contributed by atoms with Gasteiger partial charge in [-0.1, -0.05) is 12.1 Å². The number of pyridine rings is 2. The molecule has 0 fully saturated rings. The highest BCUT2D eigenvalue weighted by Gasteiger charge is 2.12. The van der Waals surface area contributed by atoms with Crippen LogP contribution in [0.4, 0.5) is 19.8 Å². The van der Waals surface area contributed by atoms with Crippen molar-refractivity contribution in [1.29, 1.82) is 0 Å². The van der Waals surface area contributed by atoms with Crippen LogP contribution in [0.1, 0.15) is 12.5 Å². The van der Waals surface area contributed by atoms with Crippen LogP contribution in [0.2, 0.25) is 0 Å². The molecule has 144 valence electrons. The molecular weight excluding hydrogens is 365 g/mol. The summed E-state index contributed by atoms with van der Waals surface area (Å²) in [4.78, 5) is 30.4. The van der Waals surface area contributed by atoms with E-state index >= 15 is 0 Å². The number of benzene rings is 1. The molecular formula is C19H18FN5O3. The highest BCUT2D eigenvalue weighted by Crippen LogP contribution is 2.32. The average Bonchev–Trinajstić information content (AvgIpc) is 2.66. The molecule has 0 aliphatic heterocycles. The van der Waals surface area contributed by atoms with Crippen LogP contribution in [0.15, 0.2) is 42.7 Å². The van der Waals surface area contributed by atoms with Crippen molar-refractivity contribution in [2.75, 3.05) is 11.9 Å². The zero-order valence-corrected chi connectivity index (χ0v) is 15.0. The van der Waals surface area contributed by atoms with Gasteiger partial charge in [-0.2, -0.15) is 4.39 Å². The lowest BCUT2D eigenvalue weighted by molar-refractivity contribution is 0.194. The second kappa shape index (κ2) is 8.30. The lowest BCUT2D eigenvalue weighted by Gasteiger charge is -2.13. The van der Waals surface area contributed by atoms with Crippen LogP contribution >= 0.6 is 0 Å². The van der Waals surface area contributed by atoms with E-state index in [-0.39, 0.29) is 6.54 Å². The quantitative estimate of drug-likeness (QED) is 0.504. The van der Waals surface area contributed by atoms with Crippen molar-refractivity contribution in [3.8, 4) is 11.1 Å². The Bertz CT molecular complexity index is 1040. The van der Waals surface area contributed by atoms with Gasteiger partial charge in [0.15, 0.2) is 0 Å². The summed E-state index contributed by atoms with van der Waals surface area (Å²) in [7, 11) is 0. The lowest BCUT2D eigenvalue weighted by atomic mass is 9.96. The lowest BCUT2D eigenvalue weighted by Crippen LogP contribution is -2.28. The third-order valence-electron chi connectivity index (χ3n) is 4.04. The summed E-state index contributed by atoms with van der Waals surface area (Å²) in [6, 6.07) is 7.78. The van der Waals surface area contributed by atoms with Gasteiger partial charge in [0.2, 0.25) is 5.95 Å². The molecule has 3 rings (SSSR count). The van der Waals surface area contributed by atoms with Crippen LogP contribution in [0.3, 0.4) is 0 Å². The van der Waals surface area contributed by atoms with E-state index in [0.717, 1.165) is 0 Å². The second-order valence-electron chi connectivity index (χ2n) is 5.90. The Morgan fingerprint density at radius 3 is 2.64 bits per heavy atom. The number of aromatic nitrogens is 2. The minimum absolute atomic E-state index is 0.0849. The second-order valence-corrected chi connectivity index (χ2v) is 5.90. The fourth-order valence-electron chi connectivity index (χ4n) is 2.83. The average molecular weight is 383 g/mol. The summed E-state index contributed by atoms with van der Waals surface area (Å²) in [5.74, 6) is -0.297. The van der Waals surface area contributed by atoms with Crippen molar-refractivity contribution >= 4 is 28.7 Å². The molecule has 0 spiro atoms. The summed E-state index contributed by atoms with van der Waals surface area (Å²) in [6.07, 6.45) is 1.78. The first-order valence-corrected chi connectivity index (χ1v) is 8.53. The third kappa shape index (κ3) is 4.32. The molecule has 1 aromatic carbocycles. The number of hydrogen-bond donors (Lipinski definition) is 4. The molecule has 0 aliphatic rings. The van der Waals surface area contributed by atoms with E-state index < -0.39 is 18.1 Å². The first-order chi connectivity index (χ1) is 13.5. The van der Waals surface area contributed by atoms with Gasteiger partial charge < -0.3 is 15.7 Å². The van der Waals surface area contributed by atoms with Gasteiger partial charge >= 0.3 is 12.1 Å². The van der Waals surface area contributed by atoms with Crippen molar-refractivity contribution in [3.05, 3.63) is 54.2 Å². The van der Waals surface area contributed by atoms with Crippen LogP contribution < -0.4 is 16.0 Å². The largest absolute Gasteiger partial charge is 0.465 e. The molecule has 0 radical (unpaired) electrons. The molecule has 0 unspecified atom stereocenters. The van der Waals surface area contributed by atoms with Crippen molar-refractivity contribution in [1.82, 2.24) is 20.6 Å². The molecule has 2 heterocycles. The molecule has 0 atom stereocenters. The molecule has 2 aromatic heterocycles. The Morgan fingerprint density at radius 1 is 1.11 bits per heavy atom. The molecule has 0 bridgehead atoms. The van der Waals surface area contributed by atoms with E-state index in [4.69, 9.17) is 5.11 Å². The van der Waals surface area contributed by atoms with Gasteiger partial charge in [0.1, 0.15) is 5.82 Å². The van der Waals surface area contributed by atoms with Gasteiger partial charge in [0, 0.05) is 36.9 Å². The third-order valence-corrected chi connectivity index (χ3v) is 4.04. The molecule has 3 amide bonds. The maximum Gasteiger partial charge on any atom is 0.404 e. The topological polar surface area (TPSA) is 116 Å². The molecule has 8 nitrogen and oxygen atoms in total. The summed E-state index contributed by atoms with van der Waals surface area (Å²) >= 11 is 0. The number of carbonyl (C=O) groups is 2. The highest BCUT2D eigenvalue weighted by molar-refractivity contribution is 6.00. The standard InChI is InChI=1S/C19H18FN5O3/c1-2-21-18(26)25-17-8-14-13(11-5-6-22-16(20)7-11)4-3-12(9-24-19(27)28)15(14)10-23-17/h3-8,10,24H,2,9H2,1H3,(H,27,28)(H2,21,23,25,26). The number of halogens is 1. The van der Waals surface area contributed by atoms with Gasteiger partial charge in [-0.15, -0.1) is 0 Å². The fraction of sp³-hybridized carbons (Fsp3) is 0.158. The smallest absolute Gasteiger partial charge is 0.404 e. The molecule has 28 heavy (non-hydrogen) atoms. The highest BCUT2D eigenvalue weighted by atomic mass is 19.1. The van der Waals surface area contributed by atoms with Crippen LogP contribution in [0.5, 0.6) is 0 Å². The molecule has 0 saturated carbocycles. The molecule has 9 heteroatoms. The van der Waals surface area contributed by atoms with E-state index in [1.165, 1.54) is 12.3 Å². The number of carboxylic acid groups (broad SMARTS) is 1. The van der Waals surface area contributed by atoms with Crippen LogP contribution in [-0.4, -0.2) is 33.7 Å². The Balaban J connectivity index is 2.11. The molecule has 3 aromatic rings. The SMILES string of the molecule is CCNC(=O)Nc1cc2c(-c3ccnc(F)c3)ccc(CNC(=O)O)c2cn1. The minimum Gasteiger partial charge on any atom is -0.465 e. The van der Waals surface area contributed by atoms with Gasteiger partial charge in [-0.25, -0.2) is 19.6 Å². The first-order valence-electron chi connectivity index (χ1n) is 8.53. The number of nitrogens with one attached hydrogen (secondary N) is 3. The van der Waals surface area contributed by atoms with E-state index in [1.807, 2.05) is 0 Å². The summed E-state index contributed by atoms with van der Waals surface area (Å²) in [6.45, 7) is 2.35. The zero-order chi connectivity index (χ0) is 20.1. The van der Waals surface area contributed by atoms with Crippen LogP contribution in [-0.2, 0) is 6.54 Å². The Morgan fingerprint density at radius 2 is 1.93 bits per heavy atom. The van der Waals surface area contributed by atoms with Gasteiger partial charge in [-0.3, -0.25) is 5.32 Å². The normalized spacial score (nSPS) is 10.5. The number of rotatable bonds is 5. The minimum atomic E-state index is -1.14. The van der Waals surface area contributed by atoms with Gasteiger partial charge in [-0.05, 0) is 41.1 Å². The number of anilines is 1. The number of urea groups is 1. The predicted molar refractivity (Wildman–Crippen MR) is 102 cm³/mol. The van der Waals surface area contributed by atoms with Gasteiger partial charge in [0.05, 0.1) is 0 Å². The van der Waals surface area contributed by atoms with E-state index in [2.05, 4.69) is 25.9 Å². The van der Waals surface area contributed by atoms with E-state index in [0.29, 0.717) is 39.8 Å². The Labute approximate surface area is 159 Å². The summed E-state index contributed by atoms with van der Waals surface area (Å²) in [5, 5.41) is 17.8. The molecule has 0 saturated heterocycles. The van der Waals surface area contributed by atoms with Crippen LogP contribution in [0.25, 0.3) is 21.9 Å². The van der Waals surface area contributed by atoms with Crippen molar-refractivity contribution < 1.29 is 19.1 Å². The number of carbonyl (C=O) groups excluding carboxylic acids is 1. The molecule has 4 N–H and O–H groups in total. The number of hydrogen-bond acceptors (Lipinski definition) is 4. The van der Waals surface area contributed by atoms with Crippen molar-refractivity contribution in [2.24, 2.45) is 0 Å². The maximum absolute atomic E-state index is 13.6. The van der Waals surface area contributed by atoms with E-state index in [9.17, 15) is 14.0 Å². The fourth-order valence-corrected chi connectivity index (χ4v) is 2.83. The number of amides is 3. The van der Waals surface area contributed by atoms with Crippen LogP contribution in [0, 0.1) is 5.95 Å². The predicted octanol–water partition coefficient (Wildman–Crippen LogP) is 3.34. The van der Waals surface area contributed by atoms with Crippen molar-refractivity contribution in [3.63, 3.8) is 0 Å². The summed E-state index contributed by atoms with van der Waals surface area (Å²) < 4.78 is 13.6. The summed E-state index contributed by atoms with van der Waals surface area (Å²) in [5.41, 5.74) is 2.01. The molecule has 0 aliphatic carbocycles. The number of nitrogens with zero attached hydrogens (tertiary/aromatic N) is 2. The van der Waals surface area contributed by atoms with Crippen molar-refractivity contribution in [2.45, 2.75) is 13.5 Å². The first kappa shape index (κ1) is 19.0. The zero-order valence-electron chi connectivity index (χ0n) is 15.0. The van der Waals surface area contributed by atoms with Gasteiger partial charge in [0.25, 0.3) is 0 Å². The van der Waals surface area contributed by atoms with E-state index in [1.54, 1.807) is 37.4 Å². The Kier molecular flexibility index (Phi) is 5.64.